The van der Waals surface area contributed by atoms with Gasteiger partial charge in [-0.3, -0.25) is 0 Å². The lowest BCUT2D eigenvalue weighted by molar-refractivity contribution is 0.00751. The summed E-state index contributed by atoms with van der Waals surface area (Å²) in [6, 6.07) is 0.434. The molecule has 0 radical (unpaired) electrons. The number of nitrogens with two attached hydrogens (primary N) is 1. The van der Waals surface area contributed by atoms with Gasteiger partial charge in [-0.25, -0.2) is 0 Å². The maximum atomic E-state index is 5.83. The van der Waals surface area contributed by atoms with E-state index in [4.69, 9.17) is 10.5 Å². The van der Waals surface area contributed by atoms with E-state index in [0.717, 1.165) is 32.3 Å². The van der Waals surface area contributed by atoms with E-state index in [1.165, 1.54) is 6.42 Å². The first-order chi connectivity index (χ1) is 6.22. The molecule has 0 saturated heterocycles. The Balaban J connectivity index is 2.08. The topological polar surface area (TPSA) is 35.2 Å². The van der Waals surface area contributed by atoms with Crippen molar-refractivity contribution in [2.75, 3.05) is 6.61 Å². The van der Waals surface area contributed by atoms with Gasteiger partial charge in [0.2, 0.25) is 0 Å². The van der Waals surface area contributed by atoms with Gasteiger partial charge >= 0.3 is 0 Å². The minimum absolute atomic E-state index is 0.434. The molecule has 1 unspecified atom stereocenters. The summed E-state index contributed by atoms with van der Waals surface area (Å²) >= 11 is 0. The zero-order valence-electron chi connectivity index (χ0n) is 8.96. The highest BCUT2D eigenvalue weighted by atomic mass is 16.5. The van der Waals surface area contributed by atoms with Crippen LogP contribution in [0.1, 0.15) is 46.0 Å². The molecule has 0 spiro atoms. The normalized spacial score (nSPS) is 31.6. The summed E-state index contributed by atoms with van der Waals surface area (Å²) in [5.41, 5.74) is 5.82. The molecule has 1 saturated carbocycles. The fourth-order valence-electron chi connectivity index (χ4n) is 1.67. The number of ether oxygens (including phenoxy) is 1. The van der Waals surface area contributed by atoms with E-state index in [2.05, 4.69) is 13.8 Å². The Morgan fingerprint density at radius 1 is 1.31 bits per heavy atom. The van der Waals surface area contributed by atoms with Crippen molar-refractivity contribution in [3.63, 3.8) is 0 Å². The molecule has 1 fully saturated rings. The molecule has 78 valence electrons. The van der Waals surface area contributed by atoms with Crippen molar-refractivity contribution in [1.29, 1.82) is 0 Å². The van der Waals surface area contributed by atoms with Crippen LogP contribution in [-0.4, -0.2) is 18.8 Å². The van der Waals surface area contributed by atoms with Crippen molar-refractivity contribution in [3.05, 3.63) is 0 Å². The molecule has 0 aromatic rings. The average molecular weight is 185 g/mol. The number of rotatable bonds is 4. The molecule has 2 N–H and O–H groups in total. The Hall–Kier alpha value is -0.0800. The van der Waals surface area contributed by atoms with Gasteiger partial charge in [0.1, 0.15) is 0 Å². The molecule has 2 heteroatoms. The maximum absolute atomic E-state index is 5.83. The number of hydrogen-bond donors (Lipinski definition) is 1. The van der Waals surface area contributed by atoms with Gasteiger partial charge in [0.15, 0.2) is 0 Å². The lowest BCUT2D eigenvalue weighted by Gasteiger charge is -2.27. The summed E-state index contributed by atoms with van der Waals surface area (Å²) in [5.74, 6) is 0.704. The van der Waals surface area contributed by atoms with Crippen molar-refractivity contribution in [3.8, 4) is 0 Å². The summed E-state index contributed by atoms with van der Waals surface area (Å²) < 4.78 is 5.83. The van der Waals surface area contributed by atoms with Gasteiger partial charge < -0.3 is 10.5 Å². The first kappa shape index (κ1) is 11.0. The predicted molar refractivity (Wildman–Crippen MR) is 55.6 cm³/mol. The summed E-state index contributed by atoms with van der Waals surface area (Å²) in [6.45, 7) is 5.38. The Labute approximate surface area is 81.8 Å². The third-order valence-corrected chi connectivity index (χ3v) is 3.03. The molecule has 1 atom stereocenters. The number of hydrogen-bond acceptors (Lipinski definition) is 2. The zero-order valence-corrected chi connectivity index (χ0v) is 8.96. The quantitative estimate of drug-likeness (QED) is 0.729. The second-order valence-corrected chi connectivity index (χ2v) is 4.38. The van der Waals surface area contributed by atoms with Gasteiger partial charge in [0, 0.05) is 12.6 Å². The van der Waals surface area contributed by atoms with Gasteiger partial charge in [-0.15, -0.1) is 0 Å². The molecule has 0 aromatic carbocycles. The zero-order chi connectivity index (χ0) is 9.68. The van der Waals surface area contributed by atoms with Crippen LogP contribution < -0.4 is 5.73 Å². The minimum Gasteiger partial charge on any atom is -0.378 e. The predicted octanol–water partition coefficient (Wildman–Crippen LogP) is 2.32. The van der Waals surface area contributed by atoms with Crippen LogP contribution in [0.4, 0.5) is 0 Å². The van der Waals surface area contributed by atoms with E-state index < -0.39 is 0 Å². The average Bonchev–Trinajstić information content (AvgIpc) is 2.16. The van der Waals surface area contributed by atoms with Crippen LogP contribution in [0.15, 0.2) is 0 Å². The van der Waals surface area contributed by atoms with Gasteiger partial charge in [0.25, 0.3) is 0 Å². The summed E-state index contributed by atoms with van der Waals surface area (Å²) in [6.07, 6.45) is 6.33. The molecule has 1 aliphatic rings. The lowest BCUT2D eigenvalue weighted by Crippen LogP contribution is -2.30. The third-order valence-electron chi connectivity index (χ3n) is 3.03. The van der Waals surface area contributed by atoms with Crippen LogP contribution >= 0.6 is 0 Å². The first-order valence-electron chi connectivity index (χ1n) is 5.59. The van der Waals surface area contributed by atoms with Gasteiger partial charge in [-0.2, -0.15) is 0 Å². The van der Waals surface area contributed by atoms with E-state index in [9.17, 15) is 0 Å². The van der Waals surface area contributed by atoms with Crippen molar-refractivity contribution < 1.29 is 4.74 Å². The van der Waals surface area contributed by atoms with Crippen LogP contribution in [0.2, 0.25) is 0 Å². The van der Waals surface area contributed by atoms with E-state index in [-0.39, 0.29) is 0 Å². The van der Waals surface area contributed by atoms with E-state index in [0.29, 0.717) is 18.1 Å². The highest BCUT2D eigenvalue weighted by molar-refractivity contribution is 4.74. The van der Waals surface area contributed by atoms with Crippen LogP contribution in [-0.2, 0) is 4.74 Å². The highest BCUT2D eigenvalue weighted by Gasteiger charge is 2.19. The van der Waals surface area contributed by atoms with Crippen LogP contribution in [0.3, 0.4) is 0 Å². The second kappa shape index (κ2) is 5.61. The fraction of sp³-hybridized carbons (Fsp3) is 1.00. The van der Waals surface area contributed by atoms with Crippen molar-refractivity contribution >= 4 is 0 Å². The van der Waals surface area contributed by atoms with Gasteiger partial charge in [0.05, 0.1) is 6.10 Å². The summed E-state index contributed by atoms with van der Waals surface area (Å²) in [7, 11) is 0. The van der Waals surface area contributed by atoms with Crippen molar-refractivity contribution in [2.24, 2.45) is 11.7 Å². The van der Waals surface area contributed by atoms with Crippen LogP contribution in [0, 0.1) is 5.92 Å². The largest absolute Gasteiger partial charge is 0.378 e. The van der Waals surface area contributed by atoms with Crippen molar-refractivity contribution in [2.45, 2.75) is 58.1 Å². The monoisotopic (exact) mass is 185 g/mol. The molecular formula is C11H23NO. The smallest absolute Gasteiger partial charge is 0.0576 e. The Morgan fingerprint density at radius 2 is 1.92 bits per heavy atom. The SMILES string of the molecule is CCC(C)COC1CCC(N)CC1. The molecule has 0 amide bonds. The molecule has 0 aliphatic heterocycles. The molecule has 0 heterocycles. The molecule has 0 bridgehead atoms. The minimum atomic E-state index is 0.434. The molecule has 13 heavy (non-hydrogen) atoms. The van der Waals surface area contributed by atoms with Crippen molar-refractivity contribution in [1.82, 2.24) is 0 Å². The van der Waals surface area contributed by atoms with Crippen LogP contribution in [0.5, 0.6) is 0 Å². The Bertz CT molecular complexity index is 130. The highest BCUT2D eigenvalue weighted by Crippen LogP contribution is 2.20. The molecule has 2 nitrogen and oxygen atoms in total. The summed E-state index contributed by atoms with van der Waals surface area (Å²) in [4.78, 5) is 0. The molecule has 1 aliphatic carbocycles. The van der Waals surface area contributed by atoms with E-state index >= 15 is 0 Å². The lowest BCUT2D eigenvalue weighted by atomic mass is 9.93. The second-order valence-electron chi connectivity index (χ2n) is 4.38. The Kier molecular flexibility index (Phi) is 4.74. The first-order valence-corrected chi connectivity index (χ1v) is 5.59. The fourth-order valence-corrected chi connectivity index (χ4v) is 1.67. The van der Waals surface area contributed by atoms with E-state index in [1.54, 1.807) is 0 Å². The van der Waals surface area contributed by atoms with Gasteiger partial charge in [-0.1, -0.05) is 20.3 Å². The van der Waals surface area contributed by atoms with Crippen LogP contribution in [0.25, 0.3) is 0 Å². The van der Waals surface area contributed by atoms with Gasteiger partial charge in [-0.05, 0) is 31.6 Å². The Morgan fingerprint density at radius 3 is 2.46 bits per heavy atom. The third kappa shape index (κ3) is 4.10. The summed E-state index contributed by atoms with van der Waals surface area (Å²) in [5, 5.41) is 0. The molecule has 0 aromatic heterocycles. The maximum Gasteiger partial charge on any atom is 0.0576 e. The van der Waals surface area contributed by atoms with E-state index in [1.807, 2.05) is 0 Å². The molecular weight excluding hydrogens is 162 g/mol. The standard InChI is InChI=1S/C11H23NO/c1-3-9(2)8-13-11-6-4-10(12)5-7-11/h9-11H,3-8,12H2,1-2H3. The molecule has 1 rings (SSSR count).